The van der Waals surface area contributed by atoms with Crippen LogP contribution in [0.3, 0.4) is 0 Å². The Bertz CT molecular complexity index is 1070. The maximum absolute atomic E-state index is 12.1. The highest BCUT2D eigenvalue weighted by Crippen LogP contribution is 2.15. The number of amides is 2. The predicted octanol–water partition coefficient (Wildman–Crippen LogP) is 2.91. The number of nitrogens with zero attached hydrogens (tertiary/aromatic N) is 2. The monoisotopic (exact) mass is 443 g/mol. The number of rotatable bonds is 9. The van der Waals surface area contributed by atoms with E-state index in [1.165, 1.54) is 24.3 Å². The molecule has 166 valence electrons. The zero-order chi connectivity index (χ0) is 22.9. The quantitative estimate of drug-likeness (QED) is 0.511. The van der Waals surface area contributed by atoms with Crippen LogP contribution in [0.1, 0.15) is 22.3 Å². The normalized spacial score (nSPS) is 10.6. The van der Waals surface area contributed by atoms with Gasteiger partial charge in [0.15, 0.2) is 6.61 Å². The third kappa shape index (κ3) is 6.73. The lowest BCUT2D eigenvalue weighted by atomic mass is 10.2. The van der Waals surface area contributed by atoms with Crippen LogP contribution < -0.4 is 10.1 Å². The number of alkyl halides is 2. The minimum atomic E-state index is -2.98. The summed E-state index contributed by atoms with van der Waals surface area (Å²) >= 11 is 0. The number of aromatic nitrogens is 2. The van der Waals surface area contributed by atoms with Gasteiger partial charge in [-0.15, -0.1) is 0 Å². The minimum absolute atomic E-state index is 0.0350. The Balaban J connectivity index is 1.39. The molecule has 10 heteroatoms. The van der Waals surface area contributed by atoms with Crippen molar-refractivity contribution in [2.24, 2.45) is 0 Å². The molecule has 1 heterocycles. The zero-order valence-corrected chi connectivity index (χ0v) is 16.7. The van der Waals surface area contributed by atoms with Crippen LogP contribution in [0.2, 0.25) is 0 Å². The van der Waals surface area contributed by atoms with Crippen molar-refractivity contribution >= 4 is 17.8 Å². The second kappa shape index (κ2) is 10.8. The average Bonchev–Trinajstić information content (AvgIpc) is 3.26. The molecule has 0 atom stereocenters. The first kappa shape index (κ1) is 22.6. The Morgan fingerprint density at radius 1 is 1.03 bits per heavy atom. The van der Waals surface area contributed by atoms with E-state index in [1.807, 2.05) is 35.6 Å². The number of benzene rings is 2. The first-order valence-electron chi connectivity index (χ1n) is 9.54. The van der Waals surface area contributed by atoms with E-state index in [1.54, 1.807) is 17.1 Å². The smallest absolute Gasteiger partial charge is 0.387 e. The predicted molar refractivity (Wildman–Crippen MR) is 108 cm³/mol. The number of nitrogens with one attached hydrogen (secondary N) is 1. The molecule has 0 unspecified atom stereocenters. The maximum Gasteiger partial charge on any atom is 0.387 e. The fourth-order valence-corrected chi connectivity index (χ4v) is 2.70. The lowest BCUT2D eigenvalue weighted by Gasteiger charge is -2.07. The van der Waals surface area contributed by atoms with Crippen LogP contribution in [0.4, 0.5) is 8.78 Å². The molecule has 1 N–H and O–H groups in total. The molecule has 3 aromatic rings. The van der Waals surface area contributed by atoms with Gasteiger partial charge in [0.25, 0.3) is 11.8 Å². The van der Waals surface area contributed by atoms with Gasteiger partial charge in [-0.05, 0) is 48.4 Å². The lowest BCUT2D eigenvalue weighted by molar-refractivity contribution is -0.148. The molecule has 0 radical (unpaired) electrons. The molecule has 8 nitrogen and oxygen atoms in total. The zero-order valence-electron chi connectivity index (χ0n) is 16.7. The van der Waals surface area contributed by atoms with E-state index in [4.69, 9.17) is 4.74 Å². The molecule has 0 fully saturated rings. The van der Waals surface area contributed by atoms with Gasteiger partial charge < -0.3 is 9.47 Å². The van der Waals surface area contributed by atoms with Crippen LogP contribution in [0.5, 0.6) is 5.75 Å². The highest BCUT2D eigenvalue weighted by molar-refractivity contribution is 6.05. The van der Waals surface area contributed by atoms with Crippen LogP contribution in [0.25, 0.3) is 5.69 Å². The fraction of sp³-hybridized carbons (Fsp3) is 0.182. The summed E-state index contributed by atoms with van der Waals surface area (Å²) in [6.07, 6.45) is 3.85. The summed E-state index contributed by atoms with van der Waals surface area (Å²) in [5.41, 5.74) is 1.77. The van der Waals surface area contributed by atoms with Crippen molar-refractivity contribution in [1.29, 1.82) is 0 Å². The standard InChI is InChI=1S/C22H19F2N3O5/c23-22(24)32-18-9-7-16(8-10-18)21(30)26-19(28)14-31-20(29)11-6-15-12-25-27(13-15)17-4-2-1-3-5-17/h1-5,7-10,12-13,22H,6,11,14H2,(H,26,28,30). The van der Waals surface area contributed by atoms with Crippen molar-refractivity contribution in [1.82, 2.24) is 15.1 Å². The Kier molecular flexibility index (Phi) is 7.63. The van der Waals surface area contributed by atoms with Gasteiger partial charge in [0.1, 0.15) is 5.75 Å². The summed E-state index contributed by atoms with van der Waals surface area (Å²) in [5.74, 6) is -2.30. The molecule has 0 spiro atoms. The molecule has 2 aromatic carbocycles. The summed E-state index contributed by atoms with van der Waals surface area (Å²) < 4.78 is 35.0. The summed E-state index contributed by atoms with van der Waals surface area (Å²) in [6.45, 7) is -3.61. The Hall–Kier alpha value is -4.08. The molecule has 1 aromatic heterocycles. The van der Waals surface area contributed by atoms with E-state index < -0.39 is 31.0 Å². The fourth-order valence-electron chi connectivity index (χ4n) is 2.70. The van der Waals surface area contributed by atoms with E-state index in [0.717, 1.165) is 11.3 Å². The first-order valence-corrected chi connectivity index (χ1v) is 9.54. The Morgan fingerprint density at radius 3 is 2.44 bits per heavy atom. The highest BCUT2D eigenvalue weighted by atomic mass is 19.3. The van der Waals surface area contributed by atoms with Crippen LogP contribution >= 0.6 is 0 Å². The first-order chi connectivity index (χ1) is 15.4. The van der Waals surface area contributed by atoms with Crippen molar-refractivity contribution in [3.8, 4) is 11.4 Å². The van der Waals surface area contributed by atoms with E-state index in [9.17, 15) is 23.2 Å². The number of hydrogen-bond donors (Lipinski definition) is 1. The molecule has 0 saturated heterocycles. The SMILES string of the molecule is O=C(COC(=O)CCc1cnn(-c2ccccc2)c1)NC(=O)c1ccc(OC(F)F)cc1. The summed E-state index contributed by atoms with van der Waals surface area (Å²) in [4.78, 5) is 35.7. The molecular formula is C22H19F2N3O5. The molecular weight excluding hydrogens is 424 g/mol. The third-order valence-electron chi connectivity index (χ3n) is 4.23. The number of hydrogen-bond acceptors (Lipinski definition) is 6. The number of halogens is 2. The molecule has 0 aliphatic carbocycles. The van der Waals surface area contributed by atoms with Gasteiger partial charge in [0, 0.05) is 18.2 Å². The van der Waals surface area contributed by atoms with E-state index in [2.05, 4.69) is 9.84 Å². The number of carbonyl (C=O) groups excluding carboxylic acids is 3. The highest BCUT2D eigenvalue weighted by Gasteiger charge is 2.14. The van der Waals surface area contributed by atoms with Gasteiger partial charge in [-0.25, -0.2) is 4.68 Å². The number of imide groups is 1. The van der Waals surface area contributed by atoms with Crippen LogP contribution in [0, 0.1) is 0 Å². The molecule has 2 amide bonds. The second-order valence-electron chi connectivity index (χ2n) is 6.57. The summed E-state index contributed by atoms with van der Waals surface area (Å²) in [5, 5.41) is 6.29. The Morgan fingerprint density at radius 2 is 1.75 bits per heavy atom. The molecule has 0 aliphatic heterocycles. The van der Waals surface area contributed by atoms with Gasteiger partial charge in [0.2, 0.25) is 0 Å². The van der Waals surface area contributed by atoms with Gasteiger partial charge in [0.05, 0.1) is 11.9 Å². The topological polar surface area (TPSA) is 99.5 Å². The van der Waals surface area contributed by atoms with E-state index in [-0.39, 0.29) is 17.7 Å². The maximum atomic E-state index is 12.1. The van der Waals surface area contributed by atoms with Crippen LogP contribution in [0.15, 0.2) is 67.0 Å². The van der Waals surface area contributed by atoms with E-state index in [0.29, 0.717) is 6.42 Å². The minimum Gasteiger partial charge on any atom is -0.456 e. The van der Waals surface area contributed by atoms with Crippen molar-refractivity contribution in [2.75, 3.05) is 6.61 Å². The second-order valence-corrected chi connectivity index (χ2v) is 6.57. The van der Waals surface area contributed by atoms with Crippen LogP contribution in [-0.4, -0.2) is 40.8 Å². The van der Waals surface area contributed by atoms with Gasteiger partial charge in [-0.3, -0.25) is 19.7 Å². The third-order valence-corrected chi connectivity index (χ3v) is 4.23. The average molecular weight is 443 g/mol. The molecule has 0 aliphatic rings. The number of ether oxygens (including phenoxy) is 2. The summed E-state index contributed by atoms with van der Waals surface area (Å²) in [6, 6.07) is 14.3. The number of aryl methyl sites for hydroxylation is 1. The summed E-state index contributed by atoms with van der Waals surface area (Å²) in [7, 11) is 0. The van der Waals surface area contributed by atoms with Gasteiger partial charge in [-0.2, -0.15) is 13.9 Å². The van der Waals surface area contributed by atoms with E-state index >= 15 is 0 Å². The number of para-hydroxylation sites is 1. The van der Waals surface area contributed by atoms with Crippen molar-refractivity contribution in [2.45, 2.75) is 19.5 Å². The van der Waals surface area contributed by atoms with Crippen molar-refractivity contribution in [3.63, 3.8) is 0 Å². The van der Waals surface area contributed by atoms with Gasteiger partial charge >= 0.3 is 12.6 Å². The van der Waals surface area contributed by atoms with Crippen LogP contribution in [-0.2, 0) is 20.7 Å². The molecule has 0 saturated carbocycles. The van der Waals surface area contributed by atoms with Crippen molar-refractivity contribution in [3.05, 3.63) is 78.1 Å². The lowest BCUT2D eigenvalue weighted by Crippen LogP contribution is -2.34. The largest absolute Gasteiger partial charge is 0.456 e. The molecule has 32 heavy (non-hydrogen) atoms. The molecule has 0 bridgehead atoms. The molecule has 3 rings (SSSR count). The number of esters is 1. The van der Waals surface area contributed by atoms with Crippen molar-refractivity contribution < 1.29 is 32.6 Å². The number of carbonyl (C=O) groups is 3. The van der Waals surface area contributed by atoms with Gasteiger partial charge in [-0.1, -0.05) is 18.2 Å². The Labute approximate surface area is 181 Å².